The Morgan fingerprint density at radius 1 is 1.58 bits per heavy atom. The van der Waals surface area contributed by atoms with E-state index in [0.717, 1.165) is 11.1 Å². The Hall–Kier alpha value is -2.01. The largest absolute Gasteiger partial charge is 0.480 e. The highest BCUT2D eigenvalue weighted by Gasteiger charge is 2.28. The van der Waals surface area contributed by atoms with Crippen molar-refractivity contribution in [1.82, 2.24) is 10.6 Å². The molecular formula is C14H19N3O2. The number of carboxylic acid groups (broad SMARTS) is 1. The van der Waals surface area contributed by atoms with Crippen molar-refractivity contribution in [2.75, 3.05) is 6.54 Å². The van der Waals surface area contributed by atoms with Crippen molar-refractivity contribution in [3.8, 4) is 0 Å². The normalized spacial score (nSPS) is 23.3. The smallest absolute Gasteiger partial charge is 0.320 e. The Bertz CT molecular complexity index is 499. The van der Waals surface area contributed by atoms with Crippen molar-refractivity contribution in [1.29, 1.82) is 0 Å². The van der Waals surface area contributed by atoms with Crippen LogP contribution in [0, 0.1) is 6.92 Å². The van der Waals surface area contributed by atoms with Crippen LogP contribution in [0.25, 0.3) is 5.70 Å². The molecule has 1 heterocycles. The van der Waals surface area contributed by atoms with Crippen molar-refractivity contribution in [3.63, 3.8) is 0 Å². The predicted molar refractivity (Wildman–Crippen MR) is 74.3 cm³/mol. The molecule has 1 aromatic carbocycles. The summed E-state index contributed by atoms with van der Waals surface area (Å²) in [4.78, 5) is 10.8. The topological polar surface area (TPSA) is 87.4 Å². The van der Waals surface area contributed by atoms with Gasteiger partial charge in [0.2, 0.25) is 0 Å². The minimum absolute atomic E-state index is 0.101. The second-order valence-electron chi connectivity index (χ2n) is 4.87. The fraction of sp³-hybridized carbons (Fsp3) is 0.357. The number of rotatable bonds is 4. The van der Waals surface area contributed by atoms with Crippen molar-refractivity contribution >= 4 is 11.7 Å². The van der Waals surface area contributed by atoms with Crippen LogP contribution in [-0.2, 0) is 4.79 Å². The summed E-state index contributed by atoms with van der Waals surface area (Å²) < 4.78 is 0. The van der Waals surface area contributed by atoms with Crippen LogP contribution in [0.1, 0.15) is 17.5 Å². The molecule has 0 aliphatic carbocycles. The van der Waals surface area contributed by atoms with Crippen LogP contribution >= 0.6 is 0 Å². The summed E-state index contributed by atoms with van der Waals surface area (Å²) in [7, 11) is 0. The van der Waals surface area contributed by atoms with E-state index >= 15 is 0 Å². The molecule has 2 rings (SSSR count). The fourth-order valence-corrected chi connectivity index (χ4v) is 2.17. The minimum Gasteiger partial charge on any atom is -0.480 e. The first kappa shape index (κ1) is 13.4. The predicted octanol–water partition coefficient (Wildman–Crippen LogP) is 0.657. The molecule has 1 aromatic rings. The molecule has 5 N–H and O–H groups in total. The molecule has 1 saturated heterocycles. The molecule has 1 fully saturated rings. The molecule has 19 heavy (non-hydrogen) atoms. The van der Waals surface area contributed by atoms with Gasteiger partial charge < -0.3 is 21.5 Å². The molecule has 0 radical (unpaired) electrons. The number of hydrogen-bond acceptors (Lipinski definition) is 4. The number of aliphatic carboxylic acids is 1. The summed E-state index contributed by atoms with van der Waals surface area (Å²) >= 11 is 0. The number of carbonyl (C=O) groups is 1. The van der Waals surface area contributed by atoms with Gasteiger partial charge in [-0.1, -0.05) is 23.8 Å². The number of aryl methyl sites for hydroxylation is 1. The van der Waals surface area contributed by atoms with E-state index < -0.39 is 12.0 Å². The fourth-order valence-electron chi connectivity index (χ4n) is 2.17. The van der Waals surface area contributed by atoms with Crippen LogP contribution in [0.4, 0.5) is 0 Å². The second kappa shape index (κ2) is 5.75. The third kappa shape index (κ3) is 3.48. The molecule has 0 bridgehead atoms. The van der Waals surface area contributed by atoms with E-state index in [1.54, 1.807) is 6.20 Å². The van der Waals surface area contributed by atoms with Gasteiger partial charge in [0, 0.05) is 18.8 Å². The molecule has 5 heteroatoms. The standard InChI is InChI=1S/C14H19N3O2/c1-9-3-2-4-10(5-9)12(15)8-16-11-6-13(14(18)19)17-7-11/h2-5,8,11,13,16-17H,6-7,15H2,1H3,(H,18,19)/b12-8-. The number of benzene rings is 1. The van der Waals surface area contributed by atoms with Gasteiger partial charge in [0.25, 0.3) is 0 Å². The lowest BCUT2D eigenvalue weighted by atomic mass is 10.1. The quantitative estimate of drug-likeness (QED) is 0.639. The molecule has 102 valence electrons. The Labute approximate surface area is 112 Å². The maximum absolute atomic E-state index is 10.8. The first-order valence-electron chi connectivity index (χ1n) is 6.31. The summed E-state index contributed by atoms with van der Waals surface area (Å²) in [6.07, 6.45) is 2.32. The Morgan fingerprint density at radius 3 is 3.00 bits per heavy atom. The van der Waals surface area contributed by atoms with Crippen LogP contribution in [0.15, 0.2) is 30.5 Å². The molecule has 0 aromatic heterocycles. The third-order valence-corrected chi connectivity index (χ3v) is 3.25. The van der Waals surface area contributed by atoms with Gasteiger partial charge >= 0.3 is 5.97 Å². The lowest BCUT2D eigenvalue weighted by Crippen LogP contribution is -2.30. The summed E-state index contributed by atoms with van der Waals surface area (Å²) in [6.45, 7) is 2.65. The lowest BCUT2D eigenvalue weighted by Gasteiger charge is -2.10. The summed E-state index contributed by atoms with van der Waals surface area (Å²) in [6, 6.07) is 7.58. The summed E-state index contributed by atoms with van der Waals surface area (Å²) in [5.41, 5.74) is 8.77. The van der Waals surface area contributed by atoms with Crippen molar-refractivity contribution in [3.05, 3.63) is 41.6 Å². The van der Waals surface area contributed by atoms with Crippen LogP contribution in [0.3, 0.4) is 0 Å². The first-order chi connectivity index (χ1) is 9.06. The van der Waals surface area contributed by atoms with Gasteiger partial charge in [0.1, 0.15) is 6.04 Å². The van der Waals surface area contributed by atoms with Crippen molar-refractivity contribution < 1.29 is 9.90 Å². The van der Waals surface area contributed by atoms with Crippen molar-refractivity contribution in [2.24, 2.45) is 5.73 Å². The maximum Gasteiger partial charge on any atom is 0.320 e. The molecular weight excluding hydrogens is 242 g/mol. The van der Waals surface area contributed by atoms with E-state index in [-0.39, 0.29) is 6.04 Å². The van der Waals surface area contributed by atoms with Crippen LogP contribution in [-0.4, -0.2) is 29.7 Å². The highest BCUT2D eigenvalue weighted by Crippen LogP contribution is 2.11. The zero-order chi connectivity index (χ0) is 13.8. The second-order valence-corrected chi connectivity index (χ2v) is 4.87. The van der Waals surface area contributed by atoms with Crippen LogP contribution in [0.5, 0.6) is 0 Å². The highest BCUT2D eigenvalue weighted by molar-refractivity contribution is 5.74. The lowest BCUT2D eigenvalue weighted by molar-refractivity contribution is -0.139. The molecule has 2 unspecified atom stereocenters. The zero-order valence-electron chi connectivity index (χ0n) is 10.9. The molecule has 1 aliphatic heterocycles. The van der Waals surface area contributed by atoms with E-state index in [0.29, 0.717) is 18.7 Å². The Morgan fingerprint density at radius 2 is 2.37 bits per heavy atom. The molecule has 0 amide bonds. The van der Waals surface area contributed by atoms with Crippen molar-refractivity contribution in [2.45, 2.75) is 25.4 Å². The molecule has 0 spiro atoms. The van der Waals surface area contributed by atoms with E-state index in [1.807, 2.05) is 31.2 Å². The number of nitrogens with one attached hydrogen (secondary N) is 2. The average molecular weight is 261 g/mol. The monoisotopic (exact) mass is 261 g/mol. The minimum atomic E-state index is -0.806. The number of nitrogens with two attached hydrogens (primary N) is 1. The van der Waals surface area contributed by atoms with Gasteiger partial charge in [-0.05, 0) is 25.0 Å². The van der Waals surface area contributed by atoms with Gasteiger partial charge in [0.15, 0.2) is 0 Å². The first-order valence-corrected chi connectivity index (χ1v) is 6.31. The molecule has 5 nitrogen and oxygen atoms in total. The number of hydrogen-bond donors (Lipinski definition) is 4. The molecule has 2 atom stereocenters. The number of carboxylic acids is 1. The average Bonchev–Trinajstić information content (AvgIpc) is 2.85. The maximum atomic E-state index is 10.8. The van der Waals surface area contributed by atoms with Gasteiger partial charge in [-0.25, -0.2) is 0 Å². The summed E-state index contributed by atoms with van der Waals surface area (Å²) in [5.74, 6) is -0.806. The van der Waals surface area contributed by atoms with E-state index in [1.165, 1.54) is 0 Å². The SMILES string of the molecule is Cc1cccc(/C(N)=C/NC2CNC(C(=O)O)C2)c1. The van der Waals surface area contributed by atoms with Gasteiger partial charge in [-0.3, -0.25) is 4.79 Å². The molecule has 0 saturated carbocycles. The zero-order valence-corrected chi connectivity index (χ0v) is 10.9. The Kier molecular flexibility index (Phi) is 4.06. The summed E-state index contributed by atoms with van der Waals surface area (Å²) in [5, 5.41) is 15.0. The van der Waals surface area contributed by atoms with E-state index in [9.17, 15) is 4.79 Å². The highest BCUT2D eigenvalue weighted by atomic mass is 16.4. The van der Waals surface area contributed by atoms with Gasteiger partial charge in [0.05, 0.1) is 5.70 Å². The van der Waals surface area contributed by atoms with Crippen LogP contribution in [0.2, 0.25) is 0 Å². The van der Waals surface area contributed by atoms with Gasteiger partial charge in [-0.15, -0.1) is 0 Å². The van der Waals surface area contributed by atoms with Crippen LogP contribution < -0.4 is 16.4 Å². The van der Waals surface area contributed by atoms with E-state index in [4.69, 9.17) is 10.8 Å². The molecule has 1 aliphatic rings. The van der Waals surface area contributed by atoms with E-state index in [2.05, 4.69) is 10.6 Å². The Balaban J connectivity index is 1.94. The van der Waals surface area contributed by atoms with Gasteiger partial charge in [-0.2, -0.15) is 0 Å². The third-order valence-electron chi connectivity index (χ3n) is 3.25.